The molecule has 1 N–H and O–H groups in total. The Morgan fingerprint density at radius 1 is 1.42 bits per heavy atom. The lowest BCUT2D eigenvalue weighted by atomic mass is 9.44. The minimum absolute atomic E-state index is 0.261. The molecular formula is C16H22N2O. The first-order valence-corrected chi connectivity index (χ1v) is 7.07. The van der Waals surface area contributed by atoms with Crippen LogP contribution in [0.1, 0.15) is 39.2 Å². The summed E-state index contributed by atoms with van der Waals surface area (Å²) in [6.45, 7) is 7.12. The van der Waals surface area contributed by atoms with Crippen molar-refractivity contribution in [2.45, 2.75) is 45.8 Å². The largest absolute Gasteiger partial charge is 0.384 e. The van der Waals surface area contributed by atoms with Gasteiger partial charge in [-0.15, -0.1) is 0 Å². The lowest BCUT2D eigenvalue weighted by Gasteiger charge is -2.62. The lowest BCUT2D eigenvalue weighted by Crippen LogP contribution is -2.64. The summed E-state index contributed by atoms with van der Waals surface area (Å²) in [5.41, 5.74) is 1.61. The third-order valence-corrected chi connectivity index (χ3v) is 5.35. The van der Waals surface area contributed by atoms with Gasteiger partial charge in [0.25, 0.3) is 0 Å². The van der Waals surface area contributed by atoms with E-state index in [1.165, 1.54) is 0 Å². The molecule has 4 rings (SSSR count). The Kier molecular flexibility index (Phi) is 2.79. The van der Waals surface area contributed by atoms with Crippen LogP contribution in [0, 0.1) is 17.3 Å². The Hall–Kier alpha value is -1.22. The smallest absolute Gasteiger partial charge is 0.103 e. The molecule has 0 aliphatic heterocycles. The summed E-state index contributed by atoms with van der Waals surface area (Å²) in [6.07, 6.45) is 5.69. The minimum Gasteiger partial charge on any atom is -0.384 e. The van der Waals surface area contributed by atoms with Crippen molar-refractivity contribution in [2.75, 3.05) is 0 Å². The minimum atomic E-state index is -0.736. The van der Waals surface area contributed by atoms with Crippen LogP contribution in [0.4, 0.5) is 0 Å². The van der Waals surface area contributed by atoms with Crippen molar-refractivity contribution in [2.24, 2.45) is 22.2 Å². The first-order valence-electron chi connectivity index (χ1n) is 7.07. The fourth-order valence-corrected chi connectivity index (χ4v) is 3.86. The van der Waals surface area contributed by atoms with Gasteiger partial charge >= 0.3 is 0 Å². The Morgan fingerprint density at radius 3 is 2.79 bits per heavy atom. The maximum atomic E-state index is 10.8. The molecule has 0 aromatic carbocycles. The molecule has 2 bridgehead atoms. The van der Waals surface area contributed by atoms with Crippen molar-refractivity contribution in [1.82, 2.24) is 4.98 Å². The molecule has 0 saturated heterocycles. The first-order chi connectivity index (χ1) is 8.92. The summed E-state index contributed by atoms with van der Waals surface area (Å²) in [6, 6.07) is 3.95. The van der Waals surface area contributed by atoms with E-state index in [4.69, 9.17) is 0 Å². The van der Waals surface area contributed by atoms with Crippen molar-refractivity contribution < 1.29 is 5.11 Å². The van der Waals surface area contributed by atoms with Gasteiger partial charge in [0.15, 0.2) is 0 Å². The number of pyridine rings is 1. The van der Waals surface area contributed by atoms with Crippen LogP contribution < -0.4 is 0 Å². The van der Waals surface area contributed by atoms with Crippen LogP contribution in [-0.4, -0.2) is 21.4 Å². The van der Waals surface area contributed by atoms with E-state index in [1.54, 1.807) is 6.20 Å². The van der Waals surface area contributed by atoms with E-state index >= 15 is 0 Å². The van der Waals surface area contributed by atoms with E-state index < -0.39 is 5.60 Å². The molecule has 0 radical (unpaired) electrons. The molecule has 3 aliphatic carbocycles. The fraction of sp³-hybridized carbons (Fsp3) is 0.625. The summed E-state index contributed by atoms with van der Waals surface area (Å²) < 4.78 is 0. The second-order valence-electron chi connectivity index (χ2n) is 6.78. The van der Waals surface area contributed by atoms with Crippen molar-refractivity contribution >= 4 is 5.71 Å². The van der Waals surface area contributed by atoms with Gasteiger partial charge in [-0.1, -0.05) is 19.9 Å². The molecule has 0 spiro atoms. The van der Waals surface area contributed by atoms with Crippen LogP contribution in [0.2, 0.25) is 0 Å². The Morgan fingerprint density at radius 2 is 2.21 bits per heavy atom. The number of nitrogens with zero attached hydrogens (tertiary/aromatic N) is 2. The lowest BCUT2D eigenvalue weighted by molar-refractivity contribution is -0.134. The summed E-state index contributed by atoms with van der Waals surface area (Å²) in [7, 11) is 0. The molecule has 0 unspecified atom stereocenters. The number of hydrogen-bond donors (Lipinski definition) is 1. The molecule has 19 heavy (non-hydrogen) atoms. The molecule has 0 amide bonds. The van der Waals surface area contributed by atoms with E-state index in [9.17, 15) is 5.11 Å². The van der Waals surface area contributed by atoms with E-state index in [0.717, 1.165) is 24.1 Å². The SMILES string of the molecule is CC1(C)[C@@H]2CC(=NCc3cccnc3)[C@@](C)(O)[C@H]1C2. The van der Waals surface area contributed by atoms with Gasteiger partial charge in [-0.05, 0) is 48.6 Å². The third kappa shape index (κ3) is 1.91. The quantitative estimate of drug-likeness (QED) is 0.886. The molecule has 3 aliphatic rings. The van der Waals surface area contributed by atoms with Crippen molar-refractivity contribution in [1.29, 1.82) is 0 Å². The van der Waals surface area contributed by atoms with Crippen molar-refractivity contribution in [3.63, 3.8) is 0 Å². The van der Waals surface area contributed by atoms with Crippen molar-refractivity contribution in [3.05, 3.63) is 30.1 Å². The molecule has 1 heterocycles. The van der Waals surface area contributed by atoms with Gasteiger partial charge in [-0.2, -0.15) is 0 Å². The molecular weight excluding hydrogens is 236 g/mol. The van der Waals surface area contributed by atoms with E-state index in [1.807, 2.05) is 25.3 Å². The molecule has 3 nitrogen and oxygen atoms in total. The van der Waals surface area contributed by atoms with Crippen LogP contribution in [0.25, 0.3) is 0 Å². The van der Waals surface area contributed by atoms with Gasteiger partial charge in [0, 0.05) is 18.1 Å². The summed E-state index contributed by atoms with van der Waals surface area (Å²) >= 11 is 0. The number of aliphatic hydroxyl groups is 1. The van der Waals surface area contributed by atoms with Gasteiger partial charge in [0.2, 0.25) is 0 Å². The molecule has 1 aromatic heterocycles. The maximum absolute atomic E-state index is 10.8. The average Bonchev–Trinajstić information content (AvgIpc) is 2.37. The highest BCUT2D eigenvalue weighted by Crippen LogP contribution is 2.61. The Balaban J connectivity index is 1.80. The molecule has 1 aromatic rings. The number of fused-ring (bicyclic) bond motifs is 2. The molecule has 3 fully saturated rings. The monoisotopic (exact) mass is 258 g/mol. The van der Waals surface area contributed by atoms with Crippen LogP contribution in [0.5, 0.6) is 0 Å². The first kappa shape index (κ1) is 12.8. The van der Waals surface area contributed by atoms with Crippen LogP contribution in [0.3, 0.4) is 0 Å². The molecule has 3 heteroatoms. The second kappa shape index (κ2) is 4.14. The number of hydrogen-bond acceptors (Lipinski definition) is 3. The zero-order valence-electron chi connectivity index (χ0n) is 11.9. The van der Waals surface area contributed by atoms with Crippen LogP contribution >= 0.6 is 0 Å². The summed E-state index contributed by atoms with van der Waals surface area (Å²) in [5.74, 6) is 1.04. The van der Waals surface area contributed by atoms with Crippen LogP contribution in [0.15, 0.2) is 29.5 Å². The normalized spacial score (nSPS) is 38.0. The van der Waals surface area contributed by atoms with Gasteiger partial charge < -0.3 is 5.11 Å². The standard InChI is InChI=1S/C16H22N2O/c1-15(2)12-7-13(15)16(3,19)14(8-12)18-10-11-5-4-6-17-9-11/h4-6,9,12-13,19H,7-8,10H2,1-3H3/t12-,13-,16-/m0/s1. The zero-order valence-corrected chi connectivity index (χ0v) is 11.9. The van der Waals surface area contributed by atoms with E-state index in [0.29, 0.717) is 18.4 Å². The highest BCUT2D eigenvalue weighted by molar-refractivity contribution is 5.94. The highest BCUT2D eigenvalue weighted by Gasteiger charge is 2.61. The fourth-order valence-electron chi connectivity index (χ4n) is 3.86. The third-order valence-electron chi connectivity index (χ3n) is 5.35. The van der Waals surface area contributed by atoms with Gasteiger partial charge in [-0.3, -0.25) is 9.98 Å². The number of rotatable bonds is 2. The van der Waals surface area contributed by atoms with E-state index in [-0.39, 0.29) is 5.41 Å². The van der Waals surface area contributed by atoms with E-state index in [2.05, 4.69) is 23.8 Å². The average molecular weight is 258 g/mol. The molecule has 3 saturated carbocycles. The maximum Gasteiger partial charge on any atom is 0.103 e. The predicted octanol–water partition coefficient (Wildman–Crippen LogP) is 2.84. The topological polar surface area (TPSA) is 45.5 Å². The number of aromatic nitrogens is 1. The number of aliphatic imine (C=N–C) groups is 1. The van der Waals surface area contributed by atoms with Gasteiger partial charge in [0.1, 0.15) is 5.60 Å². The van der Waals surface area contributed by atoms with Gasteiger partial charge in [0.05, 0.1) is 6.54 Å². The van der Waals surface area contributed by atoms with Crippen LogP contribution in [-0.2, 0) is 6.54 Å². The highest BCUT2D eigenvalue weighted by atomic mass is 16.3. The predicted molar refractivity (Wildman–Crippen MR) is 76.0 cm³/mol. The van der Waals surface area contributed by atoms with Crippen molar-refractivity contribution in [3.8, 4) is 0 Å². The molecule has 102 valence electrons. The Bertz CT molecular complexity index is 505. The summed E-state index contributed by atoms with van der Waals surface area (Å²) in [5, 5.41) is 10.8. The Labute approximate surface area is 114 Å². The molecule has 3 atom stereocenters. The second-order valence-corrected chi connectivity index (χ2v) is 6.78. The van der Waals surface area contributed by atoms with Gasteiger partial charge in [-0.25, -0.2) is 0 Å². The summed E-state index contributed by atoms with van der Waals surface area (Å²) in [4.78, 5) is 8.78. The zero-order chi connectivity index (χ0) is 13.7.